The first-order valence-corrected chi connectivity index (χ1v) is 8.67. The Balaban J connectivity index is 2.02. The van der Waals surface area contributed by atoms with Crippen LogP contribution in [0.4, 0.5) is 5.69 Å². The third-order valence-electron chi connectivity index (χ3n) is 3.82. The van der Waals surface area contributed by atoms with E-state index in [0.717, 1.165) is 30.7 Å². The molecule has 21 heavy (non-hydrogen) atoms. The number of nitrogens with zero attached hydrogens (tertiary/aromatic N) is 1. The number of hydrogen-bond donors (Lipinski definition) is 1. The Bertz CT molecular complexity index is 444. The summed E-state index contributed by atoms with van der Waals surface area (Å²) in [5.74, 6) is 0.672. The lowest BCUT2D eigenvalue weighted by molar-refractivity contribution is 0.116. The Morgan fingerprint density at radius 3 is 2.90 bits per heavy atom. The van der Waals surface area contributed by atoms with Crippen LogP contribution in [0.2, 0.25) is 0 Å². The predicted molar refractivity (Wildman–Crippen MR) is 92.9 cm³/mol. The topological polar surface area (TPSA) is 24.5 Å². The van der Waals surface area contributed by atoms with Crippen LogP contribution in [0.25, 0.3) is 0 Å². The van der Waals surface area contributed by atoms with E-state index in [4.69, 9.17) is 4.74 Å². The van der Waals surface area contributed by atoms with E-state index in [1.54, 1.807) is 0 Å². The van der Waals surface area contributed by atoms with Crippen molar-refractivity contribution in [3.63, 3.8) is 0 Å². The van der Waals surface area contributed by atoms with E-state index < -0.39 is 0 Å². The van der Waals surface area contributed by atoms with Crippen molar-refractivity contribution in [1.82, 2.24) is 5.32 Å². The molecular weight excluding hydrogens is 328 g/mol. The smallest absolute Gasteiger partial charge is 0.0750 e. The van der Waals surface area contributed by atoms with Crippen molar-refractivity contribution in [1.29, 1.82) is 0 Å². The minimum absolute atomic E-state index is 0.384. The summed E-state index contributed by atoms with van der Waals surface area (Å²) in [5, 5.41) is 3.54. The minimum atomic E-state index is 0.384. The van der Waals surface area contributed by atoms with Crippen molar-refractivity contribution in [3.8, 4) is 0 Å². The SMILES string of the molecule is CC(C)CNCc1cc(Br)ccc1N(C)CC1CCCO1. The zero-order valence-electron chi connectivity index (χ0n) is 13.4. The Morgan fingerprint density at radius 1 is 1.43 bits per heavy atom. The van der Waals surface area contributed by atoms with Gasteiger partial charge in [-0.15, -0.1) is 0 Å². The van der Waals surface area contributed by atoms with Gasteiger partial charge in [-0.1, -0.05) is 29.8 Å². The summed E-state index contributed by atoms with van der Waals surface area (Å²) in [5.41, 5.74) is 2.63. The maximum absolute atomic E-state index is 5.75. The standard InChI is InChI=1S/C17H27BrN2O/c1-13(2)10-19-11-14-9-15(18)6-7-17(14)20(3)12-16-5-4-8-21-16/h6-7,9,13,16,19H,4-5,8,10-12H2,1-3H3. The number of rotatable bonds is 7. The molecule has 4 heteroatoms. The minimum Gasteiger partial charge on any atom is -0.376 e. The van der Waals surface area contributed by atoms with Gasteiger partial charge in [-0.3, -0.25) is 0 Å². The highest BCUT2D eigenvalue weighted by atomic mass is 79.9. The van der Waals surface area contributed by atoms with E-state index >= 15 is 0 Å². The van der Waals surface area contributed by atoms with E-state index in [-0.39, 0.29) is 0 Å². The first-order valence-electron chi connectivity index (χ1n) is 7.88. The lowest BCUT2D eigenvalue weighted by Crippen LogP contribution is -2.30. The molecule has 0 radical (unpaired) electrons. The lowest BCUT2D eigenvalue weighted by Gasteiger charge is -2.25. The number of ether oxygens (including phenoxy) is 1. The first kappa shape index (κ1) is 16.8. The van der Waals surface area contributed by atoms with Crippen molar-refractivity contribution >= 4 is 21.6 Å². The molecule has 1 aliphatic heterocycles. The Labute approximate surface area is 137 Å². The van der Waals surface area contributed by atoms with Gasteiger partial charge in [0.05, 0.1) is 6.10 Å². The summed E-state index contributed by atoms with van der Waals surface area (Å²) in [6.45, 7) is 8.31. The summed E-state index contributed by atoms with van der Waals surface area (Å²) in [6, 6.07) is 6.54. The summed E-state index contributed by atoms with van der Waals surface area (Å²) in [4.78, 5) is 2.33. The molecule has 118 valence electrons. The fourth-order valence-electron chi connectivity index (χ4n) is 2.76. The molecule has 1 fully saturated rings. The molecule has 1 unspecified atom stereocenters. The average molecular weight is 355 g/mol. The zero-order valence-corrected chi connectivity index (χ0v) is 14.9. The highest BCUT2D eigenvalue weighted by Crippen LogP contribution is 2.25. The van der Waals surface area contributed by atoms with Crippen LogP contribution in [0.5, 0.6) is 0 Å². The van der Waals surface area contributed by atoms with Crippen molar-refractivity contribution < 1.29 is 4.74 Å². The normalized spacial score (nSPS) is 18.4. The van der Waals surface area contributed by atoms with Gasteiger partial charge in [0.1, 0.15) is 0 Å². The molecule has 1 aromatic rings. The number of halogens is 1. The van der Waals surface area contributed by atoms with Gasteiger partial charge in [0.2, 0.25) is 0 Å². The van der Waals surface area contributed by atoms with Crippen LogP contribution in [0.15, 0.2) is 22.7 Å². The number of nitrogens with one attached hydrogen (secondary N) is 1. The van der Waals surface area contributed by atoms with Crippen LogP contribution in [-0.2, 0) is 11.3 Å². The van der Waals surface area contributed by atoms with Gasteiger partial charge in [0.15, 0.2) is 0 Å². The van der Waals surface area contributed by atoms with Crippen LogP contribution in [-0.4, -0.2) is 32.8 Å². The van der Waals surface area contributed by atoms with E-state index in [1.165, 1.54) is 24.1 Å². The van der Waals surface area contributed by atoms with Gasteiger partial charge in [0, 0.05) is 36.9 Å². The molecule has 1 aromatic carbocycles. The fraction of sp³-hybridized carbons (Fsp3) is 0.647. The van der Waals surface area contributed by atoms with Crippen molar-refractivity contribution in [2.45, 2.75) is 39.3 Å². The number of anilines is 1. The molecule has 1 heterocycles. The van der Waals surface area contributed by atoms with E-state index in [0.29, 0.717) is 12.0 Å². The second kappa shape index (κ2) is 8.16. The monoisotopic (exact) mass is 354 g/mol. The molecule has 3 nitrogen and oxygen atoms in total. The molecule has 1 atom stereocenters. The molecule has 0 aliphatic carbocycles. The largest absolute Gasteiger partial charge is 0.376 e. The maximum atomic E-state index is 5.75. The lowest BCUT2D eigenvalue weighted by atomic mass is 10.1. The van der Waals surface area contributed by atoms with Gasteiger partial charge in [-0.05, 0) is 49.1 Å². The summed E-state index contributed by atoms with van der Waals surface area (Å²) in [6.07, 6.45) is 2.76. The fourth-order valence-corrected chi connectivity index (χ4v) is 3.16. The molecule has 1 saturated heterocycles. The summed E-state index contributed by atoms with van der Waals surface area (Å²) < 4.78 is 6.89. The van der Waals surface area contributed by atoms with Gasteiger partial charge < -0.3 is 15.0 Å². The van der Waals surface area contributed by atoms with Crippen LogP contribution in [0.3, 0.4) is 0 Å². The molecule has 1 aliphatic rings. The van der Waals surface area contributed by atoms with Crippen molar-refractivity contribution in [2.24, 2.45) is 5.92 Å². The molecule has 0 aromatic heterocycles. The number of hydrogen-bond acceptors (Lipinski definition) is 3. The molecule has 0 spiro atoms. The second-order valence-corrected chi connectivity index (χ2v) is 7.23. The third-order valence-corrected chi connectivity index (χ3v) is 4.32. The molecule has 1 N–H and O–H groups in total. The van der Waals surface area contributed by atoms with E-state index in [1.807, 2.05) is 0 Å². The summed E-state index contributed by atoms with van der Waals surface area (Å²) in [7, 11) is 2.16. The molecule has 2 rings (SSSR count). The van der Waals surface area contributed by atoms with E-state index in [2.05, 4.69) is 65.2 Å². The maximum Gasteiger partial charge on any atom is 0.0750 e. The van der Waals surface area contributed by atoms with Crippen molar-refractivity contribution in [3.05, 3.63) is 28.2 Å². The highest BCUT2D eigenvalue weighted by molar-refractivity contribution is 9.10. The van der Waals surface area contributed by atoms with Crippen molar-refractivity contribution in [2.75, 3.05) is 31.6 Å². The number of likely N-dealkylation sites (N-methyl/N-ethyl adjacent to an activating group) is 1. The summed E-state index contributed by atoms with van der Waals surface area (Å²) >= 11 is 3.58. The Morgan fingerprint density at radius 2 is 2.24 bits per heavy atom. The van der Waals surface area contributed by atoms with Crippen LogP contribution in [0, 0.1) is 5.92 Å². The van der Waals surface area contributed by atoms with Crippen LogP contribution < -0.4 is 10.2 Å². The Hall–Kier alpha value is -0.580. The highest BCUT2D eigenvalue weighted by Gasteiger charge is 2.18. The van der Waals surface area contributed by atoms with Crippen LogP contribution >= 0.6 is 15.9 Å². The zero-order chi connectivity index (χ0) is 15.2. The molecule has 0 amide bonds. The molecule has 0 bridgehead atoms. The number of benzene rings is 1. The average Bonchev–Trinajstić information content (AvgIpc) is 2.91. The first-order chi connectivity index (χ1) is 10.1. The quantitative estimate of drug-likeness (QED) is 0.805. The Kier molecular flexibility index (Phi) is 6.52. The second-order valence-electron chi connectivity index (χ2n) is 6.31. The predicted octanol–water partition coefficient (Wildman–Crippen LogP) is 3.81. The van der Waals surface area contributed by atoms with Crippen LogP contribution in [0.1, 0.15) is 32.3 Å². The van der Waals surface area contributed by atoms with Gasteiger partial charge in [0.25, 0.3) is 0 Å². The van der Waals surface area contributed by atoms with Gasteiger partial charge in [-0.25, -0.2) is 0 Å². The van der Waals surface area contributed by atoms with E-state index in [9.17, 15) is 0 Å². The molecule has 0 saturated carbocycles. The molecular formula is C17H27BrN2O. The third kappa shape index (κ3) is 5.28. The van der Waals surface area contributed by atoms with Gasteiger partial charge in [-0.2, -0.15) is 0 Å². The van der Waals surface area contributed by atoms with Gasteiger partial charge >= 0.3 is 0 Å².